The van der Waals surface area contributed by atoms with Gasteiger partial charge in [-0.3, -0.25) is 4.57 Å². The summed E-state index contributed by atoms with van der Waals surface area (Å²) in [6.45, 7) is 1.88. The molecule has 30 heavy (non-hydrogen) atoms. The van der Waals surface area contributed by atoms with Gasteiger partial charge in [0.1, 0.15) is 0 Å². The zero-order chi connectivity index (χ0) is 20.9. The number of alkyl halides is 2. The lowest BCUT2D eigenvalue weighted by Crippen LogP contribution is -2.27. The largest absolute Gasteiger partial charge is 0.586 e. The van der Waals surface area contributed by atoms with Crippen LogP contribution in [0.3, 0.4) is 0 Å². The van der Waals surface area contributed by atoms with Crippen molar-refractivity contribution in [2.24, 2.45) is 4.99 Å². The third-order valence-corrected chi connectivity index (χ3v) is 5.96. The van der Waals surface area contributed by atoms with E-state index in [4.69, 9.17) is 0 Å². The lowest BCUT2D eigenvalue weighted by Gasteiger charge is -2.11. The van der Waals surface area contributed by atoms with Crippen LogP contribution < -0.4 is 19.6 Å². The fourth-order valence-corrected chi connectivity index (χ4v) is 4.61. The van der Waals surface area contributed by atoms with E-state index >= 15 is 0 Å². The van der Waals surface area contributed by atoms with Crippen LogP contribution in [0.25, 0.3) is 5.69 Å². The Morgan fingerprint density at radius 3 is 2.90 bits per heavy atom. The van der Waals surface area contributed by atoms with Gasteiger partial charge < -0.3 is 14.8 Å². The fourth-order valence-electron chi connectivity index (χ4n) is 3.78. The van der Waals surface area contributed by atoms with Crippen LogP contribution in [0.5, 0.6) is 11.5 Å². The van der Waals surface area contributed by atoms with Crippen LogP contribution in [0, 0.1) is 6.92 Å². The number of amides is 2. The molecule has 5 rings (SSSR count). The predicted octanol–water partition coefficient (Wildman–Crippen LogP) is 4.47. The molecule has 1 aliphatic carbocycles. The van der Waals surface area contributed by atoms with E-state index in [1.807, 2.05) is 25.1 Å². The van der Waals surface area contributed by atoms with Gasteiger partial charge in [0.25, 0.3) is 0 Å². The van der Waals surface area contributed by atoms with E-state index in [0.717, 1.165) is 23.3 Å². The van der Waals surface area contributed by atoms with Crippen LogP contribution in [0.2, 0.25) is 0 Å². The third kappa shape index (κ3) is 3.45. The monoisotopic (exact) mass is 429 g/mol. The number of thiazole rings is 1. The first-order valence-electron chi connectivity index (χ1n) is 9.40. The molecule has 2 aromatic carbocycles. The van der Waals surface area contributed by atoms with Crippen molar-refractivity contribution in [2.45, 2.75) is 32.1 Å². The van der Waals surface area contributed by atoms with E-state index < -0.39 is 12.3 Å². The minimum absolute atomic E-state index is 0.0348. The fraction of sp³-hybridized carbons (Fsp3) is 0.238. The van der Waals surface area contributed by atoms with E-state index in [1.165, 1.54) is 29.0 Å². The summed E-state index contributed by atoms with van der Waals surface area (Å²) in [7, 11) is 0. The van der Waals surface area contributed by atoms with Crippen LogP contribution in [-0.4, -0.2) is 16.9 Å². The Labute approximate surface area is 174 Å². The Balaban J connectivity index is 1.43. The van der Waals surface area contributed by atoms with Crippen molar-refractivity contribution in [1.82, 2.24) is 9.88 Å². The molecular weight excluding hydrogens is 412 g/mol. The molecule has 2 amide bonds. The molecule has 154 valence electrons. The zero-order valence-electron chi connectivity index (χ0n) is 15.9. The number of carbonyl (C=O) groups is 1. The SMILES string of the molecule is Cc1cn(-c2ccc3c(c2)OC(F)(F)O3)c(=NC(=O)NC2CCc3ccccc32)s1. The Hall–Kier alpha value is -3.20. The number of nitrogens with zero attached hydrogens (tertiary/aromatic N) is 2. The lowest BCUT2D eigenvalue weighted by atomic mass is 10.1. The molecule has 6 nitrogen and oxygen atoms in total. The summed E-state index contributed by atoms with van der Waals surface area (Å²) in [6.07, 6.45) is -0.139. The molecule has 2 aliphatic rings. The summed E-state index contributed by atoms with van der Waals surface area (Å²) in [5.41, 5.74) is 2.90. The molecular formula is C21H17F2N3O3S. The smallest absolute Gasteiger partial charge is 0.395 e. The van der Waals surface area contributed by atoms with Crippen molar-refractivity contribution in [3.8, 4) is 17.2 Å². The zero-order valence-corrected chi connectivity index (χ0v) is 16.7. The number of carbonyl (C=O) groups excluding carboxylic acids is 1. The molecule has 0 bridgehead atoms. The van der Waals surface area contributed by atoms with Crippen molar-refractivity contribution in [2.75, 3.05) is 0 Å². The second-order valence-corrected chi connectivity index (χ2v) is 8.36. The summed E-state index contributed by atoms with van der Waals surface area (Å²) in [5, 5.41) is 2.97. The number of halogens is 2. The second kappa shape index (κ2) is 6.94. The molecule has 0 fully saturated rings. The Kier molecular flexibility index (Phi) is 4.35. The van der Waals surface area contributed by atoms with Crippen molar-refractivity contribution < 1.29 is 23.0 Å². The number of hydrogen-bond donors (Lipinski definition) is 1. The Morgan fingerprint density at radius 2 is 2.03 bits per heavy atom. The highest BCUT2D eigenvalue weighted by atomic mass is 32.1. The van der Waals surface area contributed by atoms with Gasteiger partial charge in [-0.1, -0.05) is 24.3 Å². The normalized spacial score (nSPS) is 19.0. The quantitative estimate of drug-likeness (QED) is 0.654. The van der Waals surface area contributed by atoms with E-state index in [1.54, 1.807) is 16.8 Å². The average molecular weight is 429 g/mol. The van der Waals surface area contributed by atoms with E-state index in [0.29, 0.717) is 10.5 Å². The highest BCUT2D eigenvalue weighted by Crippen LogP contribution is 2.41. The standard InChI is InChI=1S/C21H17F2N3O3S/c1-12-11-26(14-7-9-17-18(10-14)29-21(22,23)28-17)20(30-12)25-19(27)24-16-8-6-13-4-2-3-5-15(13)16/h2-5,7,9-11,16H,6,8H2,1H3,(H,24,27). The number of hydrogen-bond acceptors (Lipinski definition) is 4. The summed E-state index contributed by atoms with van der Waals surface area (Å²) in [4.78, 5) is 18.2. The summed E-state index contributed by atoms with van der Waals surface area (Å²) in [5.74, 6) is -0.0979. The van der Waals surface area contributed by atoms with Crippen LogP contribution >= 0.6 is 11.3 Å². The Bertz CT molecular complexity index is 1220. The second-order valence-electron chi connectivity index (χ2n) is 7.14. The lowest BCUT2D eigenvalue weighted by molar-refractivity contribution is -0.286. The maximum Gasteiger partial charge on any atom is 0.586 e. The highest BCUT2D eigenvalue weighted by Gasteiger charge is 2.43. The number of aromatic nitrogens is 1. The first-order chi connectivity index (χ1) is 14.4. The Morgan fingerprint density at radius 1 is 1.23 bits per heavy atom. The van der Waals surface area contributed by atoms with Crippen molar-refractivity contribution in [3.63, 3.8) is 0 Å². The van der Waals surface area contributed by atoms with Crippen molar-refractivity contribution >= 4 is 17.4 Å². The number of nitrogens with one attached hydrogen (secondary N) is 1. The maximum absolute atomic E-state index is 13.3. The first-order valence-corrected chi connectivity index (χ1v) is 10.2. The summed E-state index contributed by atoms with van der Waals surface area (Å²) < 4.78 is 37.2. The molecule has 1 atom stereocenters. The van der Waals surface area contributed by atoms with Crippen LogP contribution in [0.1, 0.15) is 28.5 Å². The molecule has 1 aromatic heterocycles. The molecule has 3 aromatic rings. The topological polar surface area (TPSA) is 64.8 Å². The van der Waals surface area contributed by atoms with E-state index in [-0.39, 0.29) is 17.5 Å². The van der Waals surface area contributed by atoms with Crippen LogP contribution in [0.15, 0.2) is 53.7 Å². The molecule has 2 heterocycles. The van der Waals surface area contributed by atoms with E-state index in [2.05, 4.69) is 25.8 Å². The van der Waals surface area contributed by atoms with Gasteiger partial charge in [-0.15, -0.1) is 20.1 Å². The maximum atomic E-state index is 13.3. The molecule has 1 N–H and O–H groups in total. The summed E-state index contributed by atoms with van der Waals surface area (Å²) in [6, 6.07) is 12.0. The number of rotatable bonds is 2. The molecule has 0 saturated heterocycles. The van der Waals surface area contributed by atoms with Gasteiger partial charge in [-0.25, -0.2) is 4.79 Å². The molecule has 0 saturated carbocycles. The summed E-state index contributed by atoms with van der Waals surface area (Å²) >= 11 is 1.33. The highest BCUT2D eigenvalue weighted by molar-refractivity contribution is 7.09. The van der Waals surface area contributed by atoms with Crippen molar-refractivity contribution in [1.29, 1.82) is 0 Å². The average Bonchev–Trinajstić information content (AvgIpc) is 3.35. The van der Waals surface area contributed by atoms with E-state index in [9.17, 15) is 13.6 Å². The molecule has 0 radical (unpaired) electrons. The van der Waals surface area contributed by atoms with Gasteiger partial charge >= 0.3 is 12.3 Å². The molecule has 9 heteroatoms. The minimum atomic E-state index is -3.68. The number of ether oxygens (including phenoxy) is 2. The predicted molar refractivity (Wildman–Crippen MR) is 106 cm³/mol. The molecule has 1 unspecified atom stereocenters. The van der Waals surface area contributed by atoms with Crippen LogP contribution in [-0.2, 0) is 6.42 Å². The van der Waals surface area contributed by atoms with Gasteiger partial charge in [0.05, 0.1) is 11.7 Å². The van der Waals surface area contributed by atoms with Crippen molar-refractivity contribution in [3.05, 3.63) is 69.5 Å². The van der Waals surface area contributed by atoms with Gasteiger partial charge in [0, 0.05) is 17.1 Å². The number of benzene rings is 2. The van der Waals surface area contributed by atoms with Gasteiger partial charge in [-0.2, -0.15) is 4.99 Å². The van der Waals surface area contributed by atoms with Gasteiger partial charge in [0.2, 0.25) is 0 Å². The number of fused-ring (bicyclic) bond motifs is 2. The van der Waals surface area contributed by atoms with Gasteiger partial charge in [0.15, 0.2) is 16.3 Å². The minimum Gasteiger partial charge on any atom is -0.395 e. The third-order valence-electron chi connectivity index (χ3n) is 5.06. The first kappa shape index (κ1) is 18.8. The number of aryl methyl sites for hydroxylation is 2. The van der Waals surface area contributed by atoms with Crippen LogP contribution in [0.4, 0.5) is 13.6 Å². The molecule has 0 spiro atoms. The molecule has 1 aliphatic heterocycles. The van der Waals surface area contributed by atoms with Gasteiger partial charge in [-0.05, 0) is 43.0 Å². The number of urea groups is 1.